The van der Waals surface area contributed by atoms with E-state index in [1.54, 1.807) is 20.0 Å². The molecule has 1 aromatic heterocycles. The Balaban J connectivity index is 1.61. The van der Waals surface area contributed by atoms with Crippen molar-refractivity contribution < 1.29 is 53.4 Å². The number of carboxylic acid groups (broad SMARTS) is 1. The molecular weight excluding hydrogens is 817 g/mol. The molecule has 0 radical (unpaired) electrons. The maximum Gasteiger partial charge on any atom is 0.326 e. The maximum atomic E-state index is 13.5. The standard InChI is InChI=1S/C39H58N10O11S/c1-5-19(3)32(41)36(56)46-25(11-21-14-42-24-10-8-7-9-23(21)24)34(54)43-16-31(53)48-33(20(4)6-2)37(57)44-15-30(52)45-27(18-61)35(55)47-26(13-29(40)51)38(58)49-17-22(50)12-28(49)39(59)60/h7-10,14,19-20,22,25-28,32-33,42,50,61H,5-6,11-13,15-18,41H2,1-4H3,(H2,40,51)(H,43,54)(H,44,57)(H,45,52)(H,46,56)(H,47,55)(H,48,53)(H,59,60)/t19-,20-,22+,25-,26-,27-,28-,32-,33-/m0/s1. The first kappa shape index (κ1) is 49.6. The van der Waals surface area contributed by atoms with Crippen LogP contribution in [0.4, 0.5) is 0 Å². The maximum absolute atomic E-state index is 13.5. The fraction of sp³-hybridized carbons (Fsp3) is 0.564. The molecule has 9 atom stereocenters. The Morgan fingerprint density at radius 2 is 1.44 bits per heavy atom. The summed E-state index contributed by atoms with van der Waals surface area (Å²) in [6.07, 6.45) is 0.733. The number of carboxylic acids is 1. The number of H-pyrrole nitrogens is 1. The van der Waals surface area contributed by atoms with Gasteiger partial charge in [0, 0.05) is 42.2 Å². The Morgan fingerprint density at radius 3 is 2.05 bits per heavy atom. The summed E-state index contributed by atoms with van der Waals surface area (Å²) in [5, 5.41) is 35.2. The van der Waals surface area contributed by atoms with Crippen molar-refractivity contribution >= 4 is 76.8 Å². The third-order valence-corrected chi connectivity index (χ3v) is 11.0. The zero-order chi connectivity index (χ0) is 45.6. The summed E-state index contributed by atoms with van der Waals surface area (Å²) in [6.45, 7) is 5.57. The van der Waals surface area contributed by atoms with Crippen molar-refractivity contribution in [3.63, 3.8) is 0 Å². The second-order valence-electron chi connectivity index (χ2n) is 15.2. The van der Waals surface area contributed by atoms with Gasteiger partial charge in [-0.1, -0.05) is 58.7 Å². The average molecular weight is 875 g/mol. The lowest BCUT2D eigenvalue weighted by Crippen LogP contribution is -2.58. The van der Waals surface area contributed by atoms with Crippen molar-refractivity contribution in [3.05, 3.63) is 36.0 Å². The Kier molecular flexibility index (Phi) is 19.0. The molecule has 22 heteroatoms. The minimum Gasteiger partial charge on any atom is -0.480 e. The molecule has 0 aliphatic carbocycles. The number of primary amides is 1. The van der Waals surface area contributed by atoms with Crippen LogP contribution in [0.2, 0.25) is 0 Å². The predicted octanol–water partition coefficient (Wildman–Crippen LogP) is -2.85. The lowest BCUT2D eigenvalue weighted by atomic mass is 9.98. The zero-order valence-corrected chi connectivity index (χ0v) is 35.5. The summed E-state index contributed by atoms with van der Waals surface area (Å²) >= 11 is 4.09. The van der Waals surface area contributed by atoms with E-state index in [2.05, 4.69) is 49.5 Å². The molecule has 0 bridgehead atoms. The van der Waals surface area contributed by atoms with E-state index in [0.717, 1.165) is 21.4 Å². The Labute approximate surface area is 358 Å². The van der Waals surface area contributed by atoms with E-state index in [4.69, 9.17) is 11.5 Å². The highest BCUT2D eigenvalue weighted by atomic mass is 32.1. The van der Waals surface area contributed by atoms with Gasteiger partial charge in [-0.05, 0) is 23.5 Å². The van der Waals surface area contributed by atoms with Crippen molar-refractivity contribution in [3.8, 4) is 0 Å². The van der Waals surface area contributed by atoms with Crippen LogP contribution in [0.15, 0.2) is 30.5 Å². The molecule has 2 heterocycles. The highest BCUT2D eigenvalue weighted by molar-refractivity contribution is 7.80. The number of aliphatic carboxylic acids is 1. The van der Waals surface area contributed by atoms with Gasteiger partial charge in [0.1, 0.15) is 30.2 Å². The Bertz CT molecular complexity index is 1930. The van der Waals surface area contributed by atoms with Gasteiger partial charge in [-0.3, -0.25) is 38.4 Å². The number of para-hydroxylation sites is 1. The summed E-state index contributed by atoms with van der Waals surface area (Å²) in [5.74, 6) is -8.85. The lowest BCUT2D eigenvalue weighted by molar-refractivity contribution is -0.149. The number of hydrogen-bond acceptors (Lipinski definition) is 12. The van der Waals surface area contributed by atoms with Crippen LogP contribution < -0.4 is 43.4 Å². The number of amides is 8. The molecule has 2 aromatic rings. The van der Waals surface area contributed by atoms with E-state index < -0.39 is 121 Å². The molecule has 1 fully saturated rings. The largest absolute Gasteiger partial charge is 0.480 e. The Hall–Kier alpha value is -5.74. The zero-order valence-electron chi connectivity index (χ0n) is 34.6. The third-order valence-electron chi connectivity index (χ3n) is 10.7. The number of nitrogens with zero attached hydrogens (tertiary/aromatic N) is 1. The van der Waals surface area contributed by atoms with Crippen LogP contribution in [0.1, 0.15) is 58.9 Å². The molecule has 21 nitrogen and oxygen atoms in total. The van der Waals surface area contributed by atoms with E-state index in [-0.39, 0.29) is 31.1 Å². The van der Waals surface area contributed by atoms with Crippen LogP contribution in [0.5, 0.6) is 0 Å². The number of rotatable bonds is 23. The number of aliphatic hydroxyl groups is 1. The predicted molar refractivity (Wildman–Crippen MR) is 224 cm³/mol. The third kappa shape index (κ3) is 14.2. The number of aliphatic hydroxyl groups excluding tert-OH is 1. The number of nitrogens with one attached hydrogen (secondary N) is 7. The van der Waals surface area contributed by atoms with Gasteiger partial charge in [0.05, 0.1) is 31.7 Å². The summed E-state index contributed by atoms with van der Waals surface area (Å²) in [6, 6.07) is -0.171. The number of β-amino-alcohol motifs (C(OH)–C–C–N with tert-alkyl or cyclic N) is 1. The summed E-state index contributed by atoms with van der Waals surface area (Å²) in [5.41, 5.74) is 13.0. The molecule has 1 aromatic carbocycles. The van der Waals surface area contributed by atoms with Crippen molar-refractivity contribution in [2.24, 2.45) is 23.3 Å². The van der Waals surface area contributed by atoms with Gasteiger partial charge in [0.25, 0.3) is 0 Å². The summed E-state index contributed by atoms with van der Waals surface area (Å²) < 4.78 is 0. The Morgan fingerprint density at radius 1 is 0.836 bits per heavy atom. The summed E-state index contributed by atoms with van der Waals surface area (Å²) in [7, 11) is 0. The van der Waals surface area contributed by atoms with Crippen LogP contribution in [0.3, 0.4) is 0 Å². The molecule has 0 saturated carbocycles. The number of carbonyl (C=O) groups excluding carboxylic acids is 8. The molecule has 336 valence electrons. The quantitative estimate of drug-likeness (QED) is 0.0503. The minimum absolute atomic E-state index is 0.0784. The first-order chi connectivity index (χ1) is 28.8. The van der Waals surface area contributed by atoms with Gasteiger partial charge < -0.3 is 63.5 Å². The van der Waals surface area contributed by atoms with E-state index in [9.17, 15) is 53.4 Å². The average Bonchev–Trinajstić information content (AvgIpc) is 3.84. The van der Waals surface area contributed by atoms with E-state index >= 15 is 0 Å². The second kappa shape index (κ2) is 23.3. The molecule has 13 N–H and O–H groups in total. The van der Waals surface area contributed by atoms with Gasteiger partial charge in [0.15, 0.2) is 0 Å². The summed E-state index contributed by atoms with van der Waals surface area (Å²) in [4.78, 5) is 120. The minimum atomic E-state index is -1.63. The highest BCUT2D eigenvalue weighted by Crippen LogP contribution is 2.21. The number of benzene rings is 1. The van der Waals surface area contributed by atoms with Crippen molar-refractivity contribution in [1.29, 1.82) is 0 Å². The number of hydrogen-bond donors (Lipinski definition) is 12. The number of nitrogens with two attached hydrogens (primary N) is 2. The van der Waals surface area contributed by atoms with Gasteiger partial charge in [-0.2, -0.15) is 12.6 Å². The molecule has 1 saturated heterocycles. The monoisotopic (exact) mass is 874 g/mol. The topological polar surface area (TPSA) is 337 Å². The number of aromatic amines is 1. The lowest BCUT2D eigenvalue weighted by Gasteiger charge is -2.28. The van der Waals surface area contributed by atoms with Crippen molar-refractivity contribution in [2.75, 3.05) is 25.4 Å². The van der Waals surface area contributed by atoms with Gasteiger partial charge in [-0.25, -0.2) is 4.79 Å². The molecule has 3 rings (SSSR count). The molecule has 61 heavy (non-hydrogen) atoms. The van der Waals surface area contributed by atoms with Crippen LogP contribution in [-0.4, -0.2) is 141 Å². The van der Waals surface area contributed by atoms with E-state index in [1.165, 1.54) is 0 Å². The fourth-order valence-electron chi connectivity index (χ4n) is 6.61. The smallest absolute Gasteiger partial charge is 0.326 e. The molecule has 0 unspecified atom stereocenters. The van der Waals surface area contributed by atoms with Gasteiger partial charge >= 0.3 is 5.97 Å². The van der Waals surface area contributed by atoms with Crippen LogP contribution in [-0.2, 0) is 49.6 Å². The number of likely N-dealkylation sites (tertiary alicyclic amines) is 1. The number of carbonyl (C=O) groups is 9. The molecule has 1 aliphatic rings. The molecule has 0 spiro atoms. The number of aromatic nitrogens is 1. The van der Waals surface area contributed by atoms with E-state index in [0.29, 0.717) is 12.8 Å². The second-order valence-corrected chi connectivity index (χ2v) is 15.5. The normalized spacial score (nSPS) is 18.3. The van der Waals surface area contributed by atoms with Crippen LogP contribution >= 0.6 is 12.6 Å². The van der Waals surface area contributed by atoms with Crippen molar-refractivity contribution in [2.45, 2.75) is 102 Å². The molecule has 1 aliphatic heterocycles. The van der Waals surface area contributed by atoms with Gasteiger partial charge in [0.2, 0.25) is 47.3 Å². The van der Waals surface area contributed by atoms with Gasteiger partial charge in [-0.15, -0.1) is 0 Å². The molecular formula is C39H58N10O11S. The highest BCUT2D eigenvalue weighted by Gasteiger charge is 2.42. The SMILES string of the molecule is CC[C@H](C)[C@H](N)C(=O)N[C@@H](Cc1c[nH]c2ccccc12)C(=O)NCC(=O)N[C@H](C(=O)NCC(=O)N[C@@H](CS)C(=O)N[C@@H](CC(N)=O)C(=O)N1C[C@H](O)C[C@H]1C(=O)O)[C@@H](C)CC. The first-order valence-electron chi connectivity index (χ1n) is 20.0. The fourth-order valence-corrected chi connectivity index (χ4v) is 6.87. The first-order valence-corrected chi connectivity index (χ1v) is 20.6. The van der Waals surface area contributed by atoms with E-state index in [1.807, 2.05) is 38.1 Å². The van der Waals surface area contributed by atoms with Crippen LogP contribution in [0, 0.1) is 11.8 Å². The number of fused-ring (bicyclic) bond motifs is 1. The van der Waals surface area contributed by atoms with Crippen LogP contribution in [0.25, 0.3) is 10.9 Å². The van der Waals surface area contributed by atoms with Crippen molar-refractivity contribution in [1.82, 2.24) is 41.8 Å². The molecule has 8 amide bonds. The number of thiol groups is 1.